The molecule has 0 saturated heterocycles. The van der Waals surface area contributed by atoms with Gasteiger partial charge in [0, 0.05) is 10.7 Å². The molecular formula is C22H19ClN2O5S. The summed E-state index contributed by atoms with van der Waals surface area (Å²) in [5, 5.41) is 3.18. The van der Waals surface area contributed by atoms with E-state index in [-0.39, 0.29) is 21.9 Å². The van der Waals surface area contributed by atoms with Crippen molar-refractivity contribution in [2.45, 2.75) is 18.7 Å². The van der Waals surface area contributed by atoms with Crippen molar-refractivity contribution in [1.29, 1.82) is 0 Å². The van der Waals surface area contributed by atoms with Crippen LogP contribution in [0.15, 0.2) is 53.4 Å². The molecule has 0 spiro atoms. The molecule has 1 aliphatic rings. The van der Waals surface area contributed by atoms with Crippen molar-refractivity contribution in [2.75, 3.05) is 17.1 Å². The minimum absolute atomic E-state index is 0.00999. The summed E-state index contributed by atoms with van der Waals surface area (Å²) in [5.41, 5.74) is 2.54. The van der Waals surface area contributed by atoms with Gasteiger partial charge in [-0.3, -0.25) is 9.52 Å². The molecule has 31 heavy (non-hydrogen) atoms. The van der Waals surface area contributed by atoms with Gasteiger partial charge in [-0.2, -0.15) is 0 Å². The standard InChI is InChI=1S/C22H19ClN2O5S/c1-12-8-20(29-3)21(9-13(12)2)31(27,28)25-15-5-7-18-16(11-15)22(26)24-17-10-14(23)4-6-19(17)30-18/h4-11,25H,1-3H3,(H,24,26). The zero-order chi connectivity index (χ0) is 22.3. The molecule has 1 aliphatic heterocycles. The Kier molecular flexibility index (Phi) is 5.28. The quantitative estimate of drug-likeness (QED) is 0.565. The molecule has 9 heteroatoms. The molecule has 0 radical (unpaired) electrons. The molecule has 0 atom stereocenters. The van der Waals surface area contributed by atoms with E-state index >= 15 is 0 Å². The van der Waals surface area contributed by atoms with E-state index in [1.54, 1.807) is 30.3 Å². The van der Waals surface area contributed by atoms with Crippen LogP contribution in [0.25, 0.3) is 0 Å². The molecule has 7 nitrogen and oxygen atoms in total. The number of sulfonamides is 1. The van der Waals surface area contributed by atoms with Gasteiger partial charge >= 0.3 is 0 Å². The van der Waals surface area contributed by atoms with Crippen molar-refractivity contribution in [2.24, 2.45) is 0 Å². The molecule has 1 amide bonds. The van der Waals surface area contributed by atoms with Crippen molar-refractivity contribution < 1.29 is 22.7 Å². The molecule has 3 aromatic carbocycles. The Hall–Kier alpha value is -3.23. The SMILES string of the molecule is COc1cc(C)c(C)cc1S(=O)(=O)Nc1ccc2c(c1)C(=O)Nc1cc(Cl)ccc1O2. The van der Waals surface area contributed by atoms with Gasteiger partial charge in [0.05, 0.1) is 18.4 Å². The minimum Gasteiger partial charge on any atom is -0.495 e. The molecule has 3 aromatic rings. The lowest BCUT2D eigenvalue weighted by Gasteiger charge is -2.15. The smallest absolute Gasteiger partial charge is 0.265 e. The number of ether oxygens (including phenoxy) is 2. The van der Waals surface area contributed by atoms with Gasteiger partial charge in [0.25, 0.3) is 15.9 Å². The van der Waals surface area contributed by atoms with Gasteiger partial charge in [0.2, 0.25) is 0 Å². The Morgan fingerprint density at radius 3 is 2.45 bits per heavy atom. The Balaban J connectivity index is 1.69. The summed E-state index contributed by atoms with van der Waals surface area (Å²) in [4.78, 5) is 12.7. The third kappa shape index (κ3) is 4.04. The van der Waals surface area contributed by atoms with E-state index in [2.05, 4.69) is 10.0 Å². The normalized spacial score (nSPS) is 12.7. The van der Waals surface area contributed by atoms with Crippen LogP contribution in [0.2, 0.25) is 5.02 Å². The molecule has 160 valence electrons. The van der Waals surface area contributed by atoms with Gasteiger partial charge in [0.1, 0.15) is 16.4 Å². The summed E-state index contributed by atoms with van der Waals surface area (Å²) >= 11 is 6.00. The second kappa shape index (κ2) is 7.79. The van der Waals surface area contributed by atoms with Crippen LogP contribution in [0, 0.1) is 13.8 Å². The summed E-state index contributed by atoms with van der Waals surface area (Å²) in [6.07, 6.45) is 0. The van der Waals surface area contributed by atoms with Gasteiger partial charge in [0.15, 0.2) is 5.75 Å². The molecule has 0 aliphatic carbocycles. The third-order valence-corrected chi connectivity index (χ3v) is 6.59. The van der Waals surface area contributed by atoms with Crippen LogP contribution in [0.4, 0.5) is 11.4 Å². The fraction of sp³-hybridized carbons (Fsp3) is 0.136. The molecule has 0 aromatic heterocycles. The zero-order valence-corrected chi connectivity index (χ0v) is 18.5. The fourth-order valence-electron chi connectivity index (χ4n) is 3.20. The Morgan fingerprint density at radius 1 is 1.00 bits per heavy atom. The van der Waals surface area contributed by atoms with Gasteiger partial charge < -0.3 is 14.8 Å². The van der Waals surface area contributed by atoms with E-state index in [0.717, 1.165) is 11.1 Å². The van der Waals surface area contributed by atoms with E-state index in [1.165, 1.54) is 25.3 Å². The molecule has 0 unspecified atom stereocenters. The predicted octanol–water partition coefficient (Wildman–Crippen LogP) is 5.12. The van der Waals surface area contributed by atoms with Gasteiger partial charge in [-0.1, -0.05) is 11.6 Å². The number of nitrogens with one attached hydrogen (secondary N) is 2. The first-order valence-electron chi connectivity index (χ1n) is 9.29. The van der Waals surface area contributed by atoms with Crippen LogP contribution in [0.5, 0.6) is 17.2 Å². The first-order valence-corrected chi connectivity index (χ1v) is 11.1. The number of carbonyl (C=O) groups is 1. The Bertz CT molecular complexity index is 1320. The zero-order valence-electron chi connectivity index (χ0n) is 16.9. The Morgan fingerprint density at radius 2 is 1.71 bits per heavy atom. The van der Waals surface area contributed by atoms with Crippen molar-refractivity contribution in [1.82, 2.24) is 0 Å². The summed E-state index contributed by atoms with van der Waals surface area (Å²) in [7, 11) is -2.56. The van der Waals surface area contributed by atoms with Crippen LogP contribution >= 0.6 is 11.6 Å². The lowest BCUT2D eigenvalue weighted by molar-refractivity contribution is 0.102. The molecule has 1 heterocycles. The highest BCUT2D eigenvalue weighted by Crippen LogP contribution is 2.38. The van der Waals surface area contributed by atoms with Crippen LogP contribution in [0.1, 0.15) is 21.5 Å². The molecule has 0 saturated carbocycles. The number of amides is 1. The summed E-state index contributed by atoms with van der Waals surface area (Å²) < 4.78 is 39.7. The van der Waals surface area contributed by atoms with E-state index in [4.69, 9.17) is 21.1 Å². The number of hydrogen-bond acceptors (Lipinski definition) is 5. The average molecular weight is 459 g/mol. The molecule has 0 fully saturated rings. The Labute approximate surface area is 185 Å². The van der Waals surface area contributed by atoms with E-state index in [1.807, 2.05) is 13.8 Å². The van der Waals surface area contributed by atoms with Crippen molar-refractivity contribution >= 4 is 38.9 Å². The number of carbonyl (C=O) groups excluding carboxylic acids is 1. The lowest BCUT2D eigenvalue weighted by Crippen LogP contribution is -2.16. The monoisotopic (exact) mass is 458 g/mol. The maximum Gasteiger partial charge on any atom is 0.265 e. The highest BCUT2D eigenvalue weighted by Gasteiger charge is 2.24. The van der Waals surface area contributed by atoms with Crippen LogP contribution in [0.3, 0.4) is 0 Å². The summed E-state index contributed by atoms with van der Waals surface area (Å²) in [6, 6.07) is 12.6. The second-order valence-corrected chi connectivity index (χ2v) is 9.19. The van der Waals surface area contributed by atoms with E-state index in [0.29, 0.717) is 22.2 Å². The minimum atomic E-state index is -3.97. The number of methoxy groups -OCH3 is 1. The first kappa shape index (κ1) is 21.0. The second-order valence-electron chi connectivity index (χ2n) is 7.10. The number of halogens is 1. The molecule has 2 N–H and O–H groups in total. The number of hydrogen-bond donors (Lipinski definition) is 2. The van der Waals surface area contributed by atoms with Crippen LogP contribution in [-0.4, -0.2) is 21.4 Å². The number of rotatable bonds is 4. The highest BCUT2D eigenvalue weighted by molar-refractivity contribution is 7.92. The maximum absolute atomic E-state index is 13.0. The lowest BCUT2D eigenvalue weighted by atomic mass is 10.1. The van der Waals surface area contributed by atoms with E-state index < -0.39 is 15.9 Å². The predicted molar refractivity (Wildman–Crippen MR) is 119 cm³/mol. The number of benzene rings is 3. The van der Waals surface area contributed by atoms with Crippen molar-refractivity contribution in [3.8, 4) is 17.2 Å². The number of aryl methyl sites for hydroxylation is 2. The largest absolute Gasteiger partial charge is 0.495 e. The number of anilines is 2. The van der Waals surface area contributed by atoms with Crippen molar-refractivity contribution in [3.63, 3.8) is 0 Å². The summed E-state index contributed by atoms with van der Waals surface area (Å²) in [6.45, 7) is 3.69. The molecule has 4 rings (SSSR count). The van der Waals surface area contributed by atoms with Crippen molar-refractivity contribution in [3.05, 3.63) is 70.2 Å². The maximum atomic E-state index is 13.0. The third-order valence-electron chi connectivity index (χ3n) is 4.96. The molecular weight excluding hydrogens is 440 g/mol. The summed E-state index contributed by atoms with van der Waals surface area (Å²) in [5.74, 6) is 0.523. The average Bonchev–Trinajstić information content (AvgIpc) is 2.85. The van der Waals surface area contributed by atoms with E-state index in [9.17, 15) is 13.2 Å². The highest BCUT2D eigenvalue weighted by atomic mass is 35.5. The number of fused-ring (bicyclic) bond motifs is 2. The van der Waals surface area contributed by atoms with Gasteiger partial charge in [-0.15, -0.1) is 0 Å². The van der Waals surface area contributed by atoms with Crippen LogP contribution < -0.4 is 19.5 Å². The molecule has 0 bridgehead atoms. The van der Waals surface area contributed by atoms with Crippen LogP contribution in [-0.2, 0) is 10.0 Å². The topological polar surface area (TPSA) is 93.7 Å². The first-order chi connectivity index (χ1) is 14.7. The van der Waals surface area contributed by atoms with Gasteiger partial charge in [-0.25, -0.2) is 8.42 Å². The fourth-order valence-corrected chi connectivity index (χ4v) is 4.66. The van der Waals surface area contributed by atoms with Gasteiger partial charge in [-0.05, 0) is 73.5 Å².